The molecule has 0 atom stereocenters. The largest absolute Gasteiger partial charge is 0.475 e. The number of imidazole rings is 1. The summed E-state index contributed by atoms with van der Waals surface area (Å²) in [5, 5.41) is 2.89. The molecule has 2 aromatic carbocycles. The van der Waals surface area contributed by atoms with Crippen LogP contribution in [-0.2, 0) is 6.54 Å². The number of hydrogen-bond donors (Lipinski definition) is 3. The molecule has 0 aliphatic heterocycles. The molecule has 0 saturated carbocycles. The van der Waals surface area contributed by atoms with Crippen LogP contribution in [0.2, 0.25) is 0 Å². The van der Waals surface area contributed by atoms with Crippen LogP contribution in [0, 0.1) is 11.6 Å². The molecule has 0 saturated heterocycles. The number of nitrogens with zero attached hydrogens (tertiary/aromatic N) is 4. The van der Waals surface area contributed by atoms with E-state index in [0.717, 1.165) is 11.6 Å². The lowest BCUT2D eigenvalue weighted by molar-refractivity contribution is 0.315. The van der Waals surface area contributed by atoms with E-state index in [1.165, 1.54) is 12.1 Å². The molecule has 0 unspecified atom stereocenters. The number of pyridine rings is 1. The molecule has 3 aromatic heterocycles. The minimum atomic E-state index is -0.940. The third-order valence-electron chi connectivity index (χ3n) is 5.23. The van der Waals surface area contributed by atoms with Crippen molar-refractivity contribution in [3.05, 3.63) is 84.4 Å². The second kappa shape index (κ2) is 9.82. The van der Waals surface area contributed by atoms with Gasteiger partial charge in [0.25, 0.3) is 0 Å². The Balaban J connectivity index is 1.52. The summed E-state index contributed by atoms with van der Waals surface area (Å²) in [7, 11) is 0. The zero-order valence-electron chi connectivity index (χ0n) is 18.5. The van der Waals surface area contributed by atoms with E-state index >= 15 is 0 Å². The van der Waals surface area contributed by atoms with Crippen molar-refractivity contribution in [2.45, 2.75) is 6.54 Å². The molecule has 4 N–H and O–H groups in total. The molecule has 0 fully saturated rings. The predicted molar refractivity (Wildman–Crippen MR) is 129 cm³/mol. The van der Waals surface area contributed by atoms with Crippen molar-refractivity contribution in [3.8, 4) is 28.5 Å². The maximum Gasteiger partial charge on any atom is 0.232 e. The molecule has 35 heavy (non-hydrogen) atoms. The van der Waals surface area contributed by atoms with E-state index in [-0.39, 0.29) is 12.2 Å². The number of ether oxygens (including phenoxy) is 1. The smallest absolute Gasteiger partial charge is 0.232 e. The van der Waals surface area contributed by atoms with Gasteiger partial charge in [0, 0.05) is 18.3 Å². The fourth-order valence-corrected chi connectivity index (χ4v) is 3.61. The zero-order chi connectivity index (χ0) is 24.2. The summed E-state index contributed by atoms with van der Waals surface area (Å²) in [6.07, 6.45) is 3.24. The topological polar surface area (TPSA) is 115 Å². The van der Waals surface area contributed by atoms with E-state index in [2.05, 4.69) is 25.3 Å². The van der Waals surface area contributed by atoms with Gasteiger partial charge in [-0.1, -0.05) is 18.2 Å². The Morgan fingerprint density at radius 1 is 0.971 bits per heavy atom. The Morgan fingerprint density at radius 3 is 2.71 bits per heavy atom. The third-order valence-corrected chi connectivity index (χ3v) is 5.23. The molecule has 5 rings (SSSR count). The van der Waals surface area contributed by atoms with Gasteiger partial charge in [0.2, 0.25) is 5.88 Å². The molecule has 0 bridgehead atoms. The van der Waals surface area contributed by atoms with Gasteiger partial charge in [-0.05, 0) is 36.4 Å². The Labute approximate surface area is 199 Å². The highest BCUT2D eigenvalue weighted by Crippen LogP contribution is 2.31. The van der Waals surface area contributed by atoms with Gasteiger partial charge in [-0.3, -0.25) is 4.98 Å². The molecular weight excluding hydrogens is 452 g/mol. The van der Waals surface area contributed by atoms with Crippen LogP contribution in [0.4, 0.5) is 14.5 Å². The SMILES string of the molecule is NCCOc1cnc2ccc(-c3[nH]c(CNc4cccc(F)c4F)nc3-c3ccccn3)cc2n1. The molecule has 3 heterocycles. The first-order valence-corrected chi connectivity index (χ1v) is 10.9. The number of anilines is 1. The number of fused-ring (bicyclic) bond motifs is 1. The lowest BCUT2D eigenvalue weighted by Crippen LogP contribution is -2.11. The van der Waals surface area contributed by atoms with Gasteiger partial charge in [0.05, 0.1) is 40.9 Å². The summed E-state index contributed by atoms with van der Waals surface area (Å²) >= 11 is 0. The number of nitrogens with one attached hydrogen (secondary N) is 2. The molecule has 0 aliphatic rings. The number of rotatable bonds is 8. The van der Waals surface area contributed by atoms with Crippen LogP contribution in [0.15, 0.2) is 67.0 Å². The molecule has 0 spiro atoms. The van der Waals surface area contributed by atoms with Crippen molar-refractivity contribution in [2.75, 3.05) is 18.5 Å². The van der Waals surface area contributed by atoms with E-state index in [1.54, 1.807) is 12.4 Å². The van der Waals surface area contributed by atoms with Crippen molar-refractivity contribution in [3.63, 3.8) is 0 Å². The Morgan fingerprint density at radius 2 is 1.89 bits per heavy atom. The highest BCUT2D eigenvalue weighted by molar-refractivity contribution is 5.85. The maximum atomic E-state index is 14.1. The number of aromatic amines is 1. The molecule has 0 amide bonds. The number of benzene rings is 2. The van der Waals surface area contributed by atoms with Crippen LogP contribution in [-0.4, -0.2) is 38.1 Å². The van der Waals surface area contributed by atoms with Gasteiger partial charge in [-0.2, -0.15) is 0 Å². The molecule has 5 aromatic rings. The number of halogens is 2. The van der Waals surface area contributed by atoms with Crippen molar-refractivity contribution in [2.24, 2.45) is 5.73 Å². The summed E-state index contributed by atoms with van der Waals surface area (Å²) in [5.41, 5.74) is 9.69. The van der Waals surface area contributed by atoms with Crippen molar-refractivity contribution in [1.29, 1.82) is 0 Å². The summed E-state index contributed by atoms with van der Waals surface area (Å²) in [4.78, 5) is 21.3. The van der Waals surface area contributed by atoms with E-state index in [0.29, 0.717) is 53.0 Å². The monoisotopic (exact) mass is 473 g/mol. The average molecular weight is 473 g/mol. The van der Waals surface area contributed by atoms with Crippen molar-refractivity contribution < 1.29 is 13.5 Å². The summed E-state index contributed by atoms with van der Waals surface area (Å²) in [5.74, 6) is -0.950. The summed E-state index contributed by atoms with van der Waals surface area (Å²) in [6, 6.07) is 15.1. The summed E-state index contributed by atoms with van der Waals surface area (Å²) < 4.78 is 33.1. The highest BCUT2D eigenvalue weighted by atomic mass is 19.2. The Kier molecular flexibility index (Phi) is 6.27. The van der Waals surface area contributed by atoms with Crippen molar-refractivity contribution in [1.82, 2.24) is 24.9 Å². The quantitative estimate of drug-likeness (QED) is 0.308. The number of hydrogen-bond acceptors (Lipinski definition) is 7. The lowest BCUT2D eigenvalue weighted by Gasteiger charge is -2.07. The van der Waals surface area contributed by atoms with Crippen LogP contribution >= 0.6 is 0 Å². The normalized spacial score (nSPS) is 11.1. The van der Waals surface area contributed by atoms with Gasteiger partial charge in [-0.15, -0.1) is 0 Å². The first-order chi connectivity index (χ1) is 17.1. The predicted octanol–water partition coefficient (Wildman–Crippen LogP) is 4.31. The molecule has 176 valence electrons. The van der Waals surface area contributed by atoms with E-state index in [9.17, 15) is 8.78 Å². The molecule has 8 nitrogen and oxygen atoms in total. The first-order valence-electron chi connectivity index (χ1n) is 10.9. The molecular formula is C25H21F2N7O. The number of nitrogens with two attached hydrogens (primary N) is 1. The van der Waals surface area contributed by atoms with Gasteiger partial charge in [0.15, 0.2) is 11.6 Å². The maximum absolute atomic E-state index is 14.1. The fourth-order valence-electron chi connectivity index (χ4n) is 3.61. The van der Waals surface area contributed by atoms with E-state index in [4.69, 9.17) is 15.5 Å². The van der Waals surface area contributed by atoms with Gasteiger partial charge >= 0.3 is 0 Å². The van der Waals surface area contributed by atoms with E-state index in [1.807, 2.05) is 36.4 Å². The van der Waals surface area contributed by atoms with Crippen LogP contribution in [0.5, 0.6) is 5.88 Å². The second-order valence-electron chi connectivity index (χ2n) is 7.63. The van der Waals surface area contributed by atoms with Crippen LogP contribution in [0.1, 0.15) is 5.82 Å². The van der Waals surface area contributed by atoms with Crippen LogP contribution in [0.3, 0.4) is 0 Å². The minimum Gasteiger partial charge on any atom is -0.475 e. The molecule has 0 aliphatic carbocycles. The minimum absolute atomic E-state index is 0.0494. The standard InChI is InChI=1S/C25H21F2N7O/c26-16-4-3-6-18(23(16)27)30-13-21-33-24(25(34-21)19-5-1-2-10-29-19)15-7-8-17-20(12-15)32-22(14-31-17)35-11-9-28/h1-8,10,12,14,30H,9,11,13,28H2,(H,33,34). The fraction of sp³-hybridized carbons (Fsp3) is 0.120. The van der Waals surface area contributed by atoms with Gasteiger partial charge in [0.1, 0.15) is 18.1 Å². The number of aromatic nitrogens is 5. The van der Waals surface area contributed by atoms with Crippen molar-refractivity contribution >= 4 is 16.7 Å². The average Bonchev–Trinajstić information content (AvgIpc) is 3.33. The van der Waals surface area contributed by atoms with Gasteiger partial charge in [-0.25, -0.2) is 23.7 Å². The van der Waals surface area contributed by atoms with Crippen LogP contribution in [0.25, 0.3) is 33.7 Å². The summed E-state index contributed by atoms with van der Waals surface area (Å²) in [6.45, 7) is 0.856. The molecule has 10 heteroatoms. The van der Waals surface area contributed by atoms with Crippen LogP contribution < -0.4 is 15.8 Å². The highest BCUT2D eigenvalue weighted by Gasteiger charge is 2.17. The van der Waals surface area contributed by atoms with Gasteiger partial charge < -0.3 is 20.8 Å². The number of H-pyrrole nitrogens is 1. The Hall–Kier alpha value is -4.44. The second-order valence-corrected chi connectivity index (χ2v) is 7.63. The lowest BCUT2D eigenvalue weighted by atomic mass is 10.1. The molecule has 0 radical (unpaired) electrons. The third kappa shape index (κ3) is 4.78. The zero-order valence-corrected chi connectivity index (χ0v) is 18.5. The Bertz CT molecular complexity index is 1470. The first kappa shape index (κ1) is 22.4. The van der Waals surface area contributed by atoms with E-state index < -0.39 is 11.6 Å².